The number of anilines is 1. The molecule has 0 bridgehead atoms. The Bertz CT molecular complexity index is 824. The number of halogens is 4. The van der Waals surface area contributed by atoms with E-state index in [0.29, 0.717) is 16.7 Å². The highest BCUT2D eigenvalue weighted by atomic mass is 35.5. The molecule has 108 valence electrons. The Labute approximate surface area is 122 Å². The molecule has 2 N–H and O–H groups in total. The van der Waals surface area contributed by atoms with Crippen molar-refractivity contribution < 1.29 is 13.2 Å². The Balaban J connectivity index is 2.23. The van der Waals surface area contributed by atoms with Crippen LogP contribution in [0.1, 0.15) is 5.56 Å². The molecule has 0 amide bonds. The molecule has 0 spiro atoms. The second-order valence-corrected chi connectivity index (χ2v) is 4.93. The van der Waals surface area contributed by atoms with Gasteiger partial charge in [0.1, 0.15) is 6.33 Å². The minimum atomic E-state index is -4.43. The van der Waals surface area contributed by atoms with Crippen molar-refractivity contribution in [3.05, 3.63) is 53.3 Å². The fourth-order valence-corrected chi connectivity index (χ4v) is 2.30. The van der Waals surface area contributed by atoms with Crippen LogP contribution in [0.25, 0.3) is 16.7 Å². The highest BCUT2D eigenvalue weighted by Gasteiger charge is 2.31. The Kier molecular flexibility index (Phi) is 3.06. The van der Waals surface area contributed by atoms with Gasteiger partial charge in [0, 0.05) is 5.69 Å². The van der Waals surface area contributed by atoms with Gasteiger partial charge in [-0.2, -0.15) is 13.2 Å². The lowest BCUT2D eigenvalue weighted by atomic mass is 10.2. The van der Waals surface area contributed by atoms with Crippen molar-refractivity contribution >= 4 is 28.3 Å². The molecule has 0 unspecified atom stereocenters. The van der Waals surface area contributed by atoms with Gasteiger partial charge in [-0.15, -0.1) is 0 Å². The summed E-state index contributed by atoms with van der Waals surface area (Å²) < 4.78 is 40.0. The van der Waals surface area contributed by atoms with E-state index in [0.717, 1.165) is 12.1 Å². The zero-order valence-corrected chi connectivity index (χ0v) is 11.3. The fraction of sp³-hybridized carbons (Fsp3) is 0.0714. The average Bonchev–Trinajstić information content (AvgIpc) is 2.80. The molecule has 2 aromatic carbocycles. The Morgan fingerprint density at radius 3 is 2.57 bits per heavy atom. The van der Waals surface area contributed by atoms with Crippen LogP contribution >= 0.6 is 11.6 Å². The lowest BCUT2D eigenvalue weighted by Crippen LogP contribution is -2.06. The van der Waals surface area contributed by atoms with Crippen molar-refractivity contribution in [3.63, 3.8) is 0 Å². The number of alkyl halides is 3. The van der Waals surface area contributed by atoms with E-state index in [1.165, 1.54) is 17.0 Å². The summed E-state index contributed by atoms with van der Waals surface area (Å²) in [5.74, 6) is 0. The molecule has 0 fully saturated rings. The maximum Gasteiger partial charge on any atom is 0.416 e. The van der Waals surface area contributed by atoms with Gasteiger partial charge in [0.05, 0.1) is 27.3 Å². The second-order valence-electron chi connectivity index (χ2n) is 4.53. The van der Waals surface area contributed by atoms with Crippen LogP contribution in [0.3, 0.4) is 0 Å². The third-order valence-corrected chi connectivity index (χ3v) is 3.42. The van der Waals surface area contributed by atoms with Gasteiger partial charge in [-0.3, -0.25) is 4.57 Å². The number of hydrogen-bond acceptors (Lipinski definition) is 2. The molecule has 3 aromatic rings. The van der Waals surface area contributed by atoms with E-state index in [-0.39, 0.29) is 10.7 Å². The van der Waals surface area contributed by atoms with Gasteiger partial charge in [0.2, 0.25) is 0 Å². The van der Waals surface area contributed by atoms with Crippen LogP contribution in [0, 0.1) is 0 Å². The van der Waals surface area contributed by atoms with E-state index in [1.54, 1.807) is 18.2 Å². The van der Waals surface area contributed by atoms with Crippen molar-refractivity contribution in [2.24, 2.45) is 0 Å². The molecule has 7 heteroatoms. The summed E-state index contributed by atoms with van der Waals surface area (Å²) in [5.41, 5.74) is 6.86. The SMILES string of the molecule is Nc1ccc2c(c1)ncn2-c1cc(C(F)(F)F)ccc1Cl. The molecule has 0 radical (unpaired) electrons. The van der Waals surface area contributed by atoms with Crippen molar-refractivity contribution in [1.29, 1.82) is 0 Å². The first kappa shape index (κ1) is 13.8. The van der Waals surface area contributed by atoms with Crippen LogP contribution < -0.4 is 5.73 Å². The maximum atomic E-state index is 12.8. The summed E-state index contributed by atoms with van der Waals surface area (Å²) in [6.45, 7) is 0. The standard InChI is InChI=1S/C14H9ClF3N3/c15-10-3-1-8(14(16,17)18)5-13(10)21-7-20-11-6-9(19)2-4-12(11)21/h1-7H,19H2. The van der Waals surface area contributed by atoms with Gasteiger partial charge in [0.25, 0.3) is 0 Å². The molecule has 21 heavy (non-hydrogen) atoms. The number of hydrogen-bond donors (Lipinski definition) is 1. The van der Waals surface area contributed by atoms with E-state index in [2.05, 4.69) is 4.98 Å². The van der Waals surface area contributed by atoms with E-state index in [4.69, 9.17) is 17.3 Å². The molecular weight excluding hydrogens is 303 g/mol. The fourth-order valence-electron chi connectivity index (χ4n) is 2.10. The minimum absolute atomic E-state index is 0.208. The molecule has 3 nitrogen and oxygen atoms in total. The number of aromatic nitrogens is 2. The lowest BCUT2D eigenvalue weighted by molar-refractivity contribution is -0.137. The predicted molar refractivity (Wildman–Crippen MR) is 75.5 cm³/mol. The number of fused-ring (bicyclic) bond motifs is 1. The first-order valence-corrected chi connectivity index (χ1v) is 6.34. The Hall–Kier alpha value is -2.21. The molecule has 0 aliphatic rings. The number of nitrogen functional groups attached to an aromatic ring is 1. The lowest BCUT2D eigenvalue weighted by Gasteiger charge is -2.11. The van der Waals surface area contributed by atoms with Crippen LogP contribution in [0.4, 0.5) is 18.9 Å². The smallest absolute Gasteiger partial charge is 0.399 e. The topological polar surface area (TPSA) is 43.8 Å². The Morgan fingerprint density at radius 1 is 1.10 bits per heavy atom. The maximum absolute atomic E-state index is 12.8. The monoisotopic (exact) mass is 311 g/mol. The van der Waals surface area contributed by atoms with E-state index in [9.17, 15) is 13.2 Å². The number of nitrogens with two attached hydrogens (primary N) is 1. The predicted octanol–water partition coefficient (Wildman–Crippen LogP) is 4.28. The molecule has 3 rings (SSSR count). The van der Waals surface area contributed by atoms with Crippen LogP contribution in [-0.4, -0.2) is 9.55 Å². The van der Waals surface area contributed by atoms with Crippen LogP contribution in [0.15, 0.2) is 42.7 Å². The van der Waals surface area contributed by atoms with Gasteiger partial charge >= 0.3 is 6.18 Å². The second kappa shape index (κ2) is 4.66. The Morgan fingerprint density at radius 2 is 1.86 bits per heavy atom. The minimum Gasteiger partial charge on any atom is -0.399 e. The van der Waals surface area contributed by atoms with E-state index in [1.807, 2.05) is 0 Å². The summed E-state index contributed by atoms with van der Waals surface area (Å²) in [6, 6.07) is 8.16. The average molecular weight is 312 g/mol. The summed E-state index contributed by atoms with van der Waals surface area (Å²) in [4.78, 5) is 4.13. The molecule has 1 heterocycles. The van der Waals surface area contributed by atoms with Gasteiger partial charge in [-0.1, -0.05) is 11.6 Å². The third-order valence-electron chi connectivity index (χ3n) is 3.10. The number of nitrogens with zero attached hydrogens (tertiary/aromatic N) is 2. The molecule has 0 aliphatic heterocycles. The molecule has 0 aliphatic carbocycles. The third kappa shape index (κ3) is 2.42. The normalized spacial score (nSPS) is 12.0. The highest BCUT2D eigenvalue weighted by Crippen LogP contribution is 2.34. The quantitative estimate of drug-likeness (QED) is 0.682. The zero-order chi connectivity index (χ0) is 15.2. The molecule has 0 saturated carbocycles. The summed E-state index contributed by atoms with van der Waals surface area (Å²) in [5, 5.41) is 0.208. The molecular formula is C14H9ClF3N3. The largest absolute Gasteiger partial charge is 0.416 e. The zero-order valence-electron chi connectivity index (χ0n) is 10.5. The molecule has 0 saturated heterocycles. The summed E-state index contributed by atoms with van der Waals surface area (Å²) in [7, 11) is 0. The van der Waals surface area contributed by atoms with Crippen molar-refractivity contribution in [2.75, 3.05) is 5.73 Å². The van der Waals surface area contributed by atoms with Gasteiger partial charge in [-0.05, 0) is 36.4 Å². The van der Waals surface area contributed by atoms with Crippen LogP contribution in [0.2, 0.25) is 5.02 Å². The first-order valence-electron chi connectivity index (χ1n) is 5.96. The van der Waals surface area contributed by atoms with Crippen LogP contribution in [-0.2, 0) is 6.18 Å². The van der Waals surface area contributed by atoms with Gasteiger partial charge in [0.15, 0.2) is 0 Å². The molecule has 0 atom stereocenters. The van der Waals surface area contributed by atoms with Gasteiger partial charge < -0.3 is 5.73 Å². The summed E-state index contributed by atoms with van der Waals surface area (Å²) >= 11 is 6.03. The van der Waals surface area contributed by atoms with Crippen molar-refractivity contribution in [1.82, 2.24) is 9.55 Å². The van der Waals surface area contributed by atoms with Crippen LogP contribution in [0.5, 0.6) is 0 Å². The van der Waals surface area contributed by atoms with Gasteiger partial charge in [-0.25, -0.2) is 4.98 Å². The highest BCUT2D eigenvalue weighted by molar-refractivity contribution is 6.32. The van der Waals surface area contributed by atoms with E-state index < -0.39 is 11.7 Å². The van der Waals surface area contributed by atoms with Crippen molar-refractivity contribution in [3.8, 4) is 5.69 Å². The number of benzene rings is 2. The molecule has 1 aromatic heterocycles. The summed E-state index contributed by atoms with van der Waals surface area (Å²) in [6.07, 6.45) is -3.01. The number of rotatable bonds is 1. The first-order chi connectivity index (χ1) is 9.86. The number of imidazole rings is 1. The van der Waals surface area contributed by atoms with E-state index >= 15 is 0 Å². The van der Waals surface area contributed by atoms with Crippen molar-refractivity contribution in [2.45, 2.75) is 6.18 Å².